The van der Waals surface area contributed by atoms with Gasteiger partial charge in [-0.15, -0.1) is 0 Å². The molecule has 1 aromatic carbocycles. The van der Waals surface area contributed by atoms with Crippen LogP contribution in [-0.2, 0) is 28.6 Å². The summed E-state index contributed by atoms with van der Waals surface area (Å²) in [4.78, 5) is 12.4. The summed E-state index contributed by atoms with van der Waals surface area (Å²) in [5, 5.41) is 0. The first-order chi connectivity index (χ1) is 20.2. The van der Waals surface area contributed by atoms with E-state index in [1.165, 1.54) is 0 Å². The topological polar surface area (TPSA) is 78.9 Å². The molecule has 1 aliphatic rings. The number of benzene rings is 1. The van der Waals surface area contributed by atoms with Gasteiger partial charge >= 0.3 is 5.97 Å². The second-order valence-corrected chi connectivity index (χ2v) is 17.4. The summed E-state index contributed by atoms with van der Waals surface area (Å²) in [6.45, 7) is 28.7. The lowest BCUT2D eigenvalue weighted by atomic mass is 9.89. The van der Waals surface area contributed by atoms with Gasteiger partial charge in [-0.05, 0) is 131 Å². The van der Waals surface area contributed by atoms with Crippen molar-refractivity contribution in [3.63, 3.8) is 0 Å². The third-order valence-corrected chi connectivity index (χ3v) is 10.9. The van der Waals surface area contributed by atoms with Crippen LogP contribution in [-0.4, -0.2) is 39.3 Å². The number of esters is 1. The maximum Gasteiger partial charge on any atom is 0.311 e. The second kappa shape index (κ2) is 16.6. The largest absolute Gasteiger partial charge is 0.465 e. The van der Waals surface area contributed by atoms with Gasteiger partial charge in [-0.1, -0.05) is 73.8 Å². The number of ether oxygens (including phenoxy) is 2. The van der Waals surface area contributed by atoms with E-state index in [2.05, 4.69) is 56.5 Å². The summed E-state index contributed by atoms with van der Waals surface area (Å²) < 4.78 is 47.2. The third kappa shape index (κ3) is 11.2. The molecule has 0 radical (unpaired) electrons. The van der Waals surface area contributed by atoms with E-state index in [1.807, 2.05) is 60.6 Å². The fraction of sp³-hybridized carbons (Fsp3) is 0.694. The SMILES string of the molecule is C=C(I)C(C)CC(CC[C@@H]1O[C@@H](CCCOC(=O)C(C)(C)C)CC1=C)OS(=O)(=O)c1c(C(C)C)cc(C(C)C)cc1C(C)C. The van der Waals surface area contributed by atoms with Gasteiger partial charge in [-0.3, -0.25) is 8.98 Å². The predicted molar refractivity (Wildman–Crippen MR) is 189 cm³/mol. The molecule has 6 nitrogen and oxygen atoms in total. The van der Waals surface area contributed by atoms with Gasteiger partial charge in [-0.2, -0.15) is 8.42 Å². The summed E-state index contributed by atoms with van der Waals surface area (Å²) in [5.74, 6) is 0.219. The van der Waals surface area contributed by atoms with E-state index in [-0.39, 0.29) is 41.8 Å². The minimum Gasteiger partial charge on any atom is -0.465 e. The molecule has 0 saturated carbocycles. The Morgan fingerprint density at radius 2 is 1.59 bits per heavy atom. The summed E-state index contributed by atoms with van der Waals surface area (Å²) >= 11 is 2.22. The van der Waals surface area contributed by atoms with Gasteiger partial charge in [0.15, 0.2) is 0 Å². The first kappa shape index (κ1) is 39.0. The van der Waals surface area contributed by atoms with E-state index in [4.69, 9.17) is 13.7 Å². The van der Waals surface area contributed by atoms with Crippen molar-refractivity contribution in [2.24, 2.45) is 11.3 Å². The number of carbonyl (C=O) groups excluding carboxylic acids is 1. The summed E-state index contributed by atoms with van der Waals surface area (Å²) in [5.41, 5.74) is 3.27. The van der Waals surface area contributed by atoms with Crippen LogP contribution in [0.3, 0.4) is 0 Å². The van der Waals surface area contributed by atoms with Crippen LogP contribution in [0.15, 0.2) is 39.3 Å². The molecule has 0 amide bonds. The van der Waals surface area contributed by atoms with E-state index in [9.17, 15) is 13.2 Å². The number of carbonyl (C=O) groups is 1. The summed E-state index contributed by atoms with van der Waals surface area (Å²) in [7, 11) is -4.06. The zero-order valence-electron chi connectivity index (χ0n) is 28.8. The Morgan fingerprint density at radius 1 is 1.02 bits per heavy atom. The molecule has 44 heavy (non-hydrogen) atoms. The first-order valence-electron chi connectivity index (χ1n) is 16.2. The van der Waals surface area contributed by atoms with Crippen LogP contribution in [0, 0.1) is 11.3 Å². The highest BCUT2D eigenvalue weighted by atomic mass is 127. The minimum absolute atomic E-state index is 0.0126. The van der Waals surface area contributed by atoms with Crippen molar-refractivity contribution in [2.75, 3.05) is 6.61 Å². The van der Waals surface area contributed by atoms with Crippen molar-refractivity contribution in [3.05, 3.63) is 51.1 Å². The normalized spacial score (nSPS) is 19.2. The molecule has 1 heterocycles. The molecule has 0 aromatic heterocycles. The standard InChI is InChI=1S/C36H57IO6S/c1-22(2)28-20-31(23(3)4)34(32(21-28)24(5)6)44(39,40)43-30(18-25(7)27(9)37)15-16-33-26(8)19-29(42-33)14-13-17-41-35(38)36(10,11)12/h20-25,29-30,33H,8-9,13-19H2,1-7,10-12H3/t25?,29-,30?,33-/m0/s1. The van der Waals surface area contributed by atoms with Crippen molar-refractivity contribution in [3.8, 4) is 0 Å². The molecular formula is C36H57IO6S. The van der Waals surface area contributed by atoms with Gasteiger partial charge in [0.25, 0.3) is 10.1 Å². The summed E-state index contributed by atoms with van der Waals surface area (Å²) in [6, 6.07) is 4.09. The van der Waals surface area contributed by atoms with Crippen molar-refractivity contribution < 1.29 is 26.9 Å². The number of rotatable bonds is 16. The van der Waals surface area contributed by atoms with Crippen LogP contribution < -0.4 is 0 Å². The average Bonchev–Trinajstić information content (AvgIpc) is 3.26. The summed E-state index contributed by atoms with van der Waals surface area (Å²) in [6.07, 6.45) is 3.25. The maximum absolute atomic E-state index is 14.2. The lowest BCUT2D eigenvalue weighted by Crippen LogP contribution is -2.25. The number of halogens is 1. The third-order valence-electron chi connectivity index (χ3n) is 8.31. The van der Waals surface area contributed by atoms with E-state index < -0.39 is 21.6 Å². The molecule has 0 N–H and O–H groups in total. The van der Waals surface area contributed by atoms with Crippen molar-refractivity contribution in [1.82, 2.24) is 0 Å². The van der Waals surface area contributed by atoms with Crippen molar-refractivity contribution in [2.45, 2.75) is 149 Å². The van der Waals surface area contributed by atoms with Gasteiger partial charge in [0.05, 0.1) is 30.3 Å². The molecule has 2 unspecified atom stereocenters. The molecule has 1 saturated heterocycles. The second-order valence-electron chi connectivity index (χ2n) is 14.5. The Kier molecular flexibility index (Phi) is 14.7. The highest BCUT2D eigenvalue weighted by Gasteiger charge is 2.34. The molecule has 250 valence electrons. The van der Waals surface area contributed by atoms with Crippen molar-refractivity contribution >= 4 is 38.7 Å². The number of allylic oxidation sites excluding steroid dienone is 1. The Hall–Kier alpha value is -1.23. The molecule has 0 aliphatic carbocycles. The fourth-order valence-corrected chi connectivity index (χ4v) is 7.46. The van der Waals surface area contributed by atoms with Crippen LogP contribution >= 0.6 is 22.6 Å². The van der Waals surface area contributed by atoms with Gasteiger partial charge in [0, 0.05) is 0 Å². The molecule has 8 heteroatoms. The van der Waals surface area contributed by atoms with E-state index in [0.717, 1.165) is 45.1 Å². The zero-order chi connectivity index (χ0) is 33.6. The molecular weight excluding hydrogens is 687 g/mol. The highest BCUT2D eigenvalue weighted by Crippen LogP contribution is 2.38. The Morgan fingerprint density at radius 3 is 2.07 bits per heavy atom. The highest BCUT2D eigenvalue weighted by molar-refractivity contribution is 14.1. The minimum atomic E-state index is -4.06. The number of hydrogen-bond donors (Lipinski definition) is 0. The van der Waals surface area contributed by atoms with Gasteiger partial charge in [0.1, 0.15) is 4.90 Å². The van der Waals surface area contributed by atoms with E-state index in [0.29, 0.717) is 30.8 Å². The molecule has 1 aromatic rings. The van der Waals surface area contributed by atoms with Crippen LogP contribution in [0.2, 0.25) is 0 Å². The number of hydrogen-bond acceptors (Lipinski definition) is 6. The van der Waals surface area contributed by atoms with Crippen LogP contribution in [0.4, 0.5) is 0 Å². The average molecular weight is 745 g/mol. The lowest BCUT2D eigenvalue weighted by Gasteiger charge is -2.26. The van der Waals surface area contributed by atoms with Gasteiger partial charge in [0.2, 0.25) is 0 Å². The van der Waals surface area contributed by atoms with Crippen LogP contribution in [0.1, 0.15) is 142 Å². The zero-order valence-corrected chi connectivity index (χ0v) is 31.8. The van der Waals surface area contributed by atoms with Crippen LogP contribution in [0.25, 0.3) is 0 Å². The maximum atomic E-state index is 14.2. The van der Waals surface area contributed by atoms with Gasteiger partial charge in [-0.25, -0.2) is 0 Å². The monoisotopic (exact) mass is 744 g/mol. The molecule has 1 fully saturated rings. The first-order valence-corrected chi connectivity index (χ1v) is 18.7. The molecule has 2 rings (SSSR count). The fourth-order valence-electron chi connectivity index (χ4n) is 5.41. The molecule has 4 atom stereocenters. The molecule has 1 aliphatic heterocycles. The van der Waals surface area contributed by atoms with E-state index >= 15 is 0 Å². The molecule has 0 spiro atoms. The van der Waals surface area contributed by atoms with Gasteiger partial charge < -0.3 is 9.47 Å². The predicted octanol–water partition coefficient (Wildman–Crippen LogP) is 9.97. The smallest absolute Gasteiger partial charge is 0.311 e. The molecule has 0 bridgehead atoms. The quantitative estimate of drug-likeness (QED) is 0.0552. The Balaban J connectivity index is 2.22. The Bertz CT molecular complexity index is 1230. The Labute approximate surface area is 282 Å². The lowest BCUT2D eigenvalue weighted by molar-refractivity contribution is -0.153. The van der Waals surface area contributed by atoms with Crippen LogP contribution in [0.5, 0.6) is 0 Å². The van der Waals surface area contributed by atoms with Crippen molar-refractivity contribution in [1.29, 1.82) is 0 Å². The van der Waals surface area contributed by atoms with E-state index in [1.54, 1.807) is 0 Å².